The molecule has 0 N–H and O–H groups in total. The molecule has 0 fully saturated rings. The Bertz CT molecular complexity index is 397. The Balaban J connectivity index is 3.01. The van der Waals surface area contributed by atoms with Gasteiger partial charge in [0.1, 0.15) is 0 Å². The van der Waals surface area contributed by atoms with Gasteiger partial charge in [-0.3, -0.25) is 0 Å². The van der Waals surface area contributed by atoms with E-state index in [1.165, 1.54) is 12.1 Å². The molecule has 0 radical (unpaired) electrons. The Morgan fingerprint density at radius 2 is 1.79 bits per heavy atom. The summed E-state index contributed by atoms with van der Waals surface area (Å²) in [4.78, 5) is 0.103. The quantitative estimate of drug-likeness (QED) is 0.754. The Morgan fingerprint density at radius 3 is 2.14 bits per heavy atom. The topological polar surface area (TPSA) is 43.4 Å². The van der Waals surface area contributed by atoms with Gasteiger partial charge in [0.05, 0.1) is 11.0 Å². The van der Waals surface area contributed by atoms with Gasteiger partial charge in [-0.25, -0.2) is 8.42 Å². The first kappa shape index (κ1) is 11.5. The van der Waals surface area contributed by atoms with Crippen molar-refractivity contribution in [1.82, 2.24) is 0 Å². The summed E-state index contributed by atoms with van der Waals surface area (Å²) >= 11 is 0. The van der Waals surface area contributed by atoms with Crippen molar-refractivity contribution in [3.05, 3.63) is 29.8 Å². The average molecular weight is 235 g/mol. The van der Waals surface area contributed by atoms with Crippen LogP contribution >= 0.6 is 10.7 Å². The molecule has 78 valence electrons. The van der Waals surface area contributed by atoms with Crippen molar-refractivity contribution in [3.63, 3.8) is 0 Å². The monoisotopic (exact) mass is 234 g/mol. The molecule has 0 amide bonds. The van der Waals surface area contributed by atoms with E-state index in [-0.39, 0.29) is 11.0 Å². The molecular weight excluding hydrogens is 224 g/mol. The zero-order chi connectivity index (χ0) is 10.8. The lowest BCUT2D eigenvalue weighted by atomic mass is 10.1. The average Bonchev–Trinajstić information content (AvgIpc) is 2.15. The van der Waals surface area contributed by atoms with Crippen LogP contribution in [0.1, 0.15) is 18.6 Å². The van der Waals surface area contributed by atoms with Crippen LogP contribution in [0.4, 0.5) is 0 Å². The molecule has 0 saturated heterocycles. The van der Waals surface area contributed by atoms with Crippen LogP contribution < -0.4 is 0 Å². The number of ether oxygens (including phenoxy) is 1. The van der Waals surface area contributed by atoms with E-state index in [2.05, 4.69) is 0 Å². The minimum absolute atomic E-state index is 0.0536. The van der Waals surface area contributed by atoms with Gasteiger partial charge in [0, 0.05) is 17.8 Å². The molecule has 0 bridgehead atoms. The van der Waals surface area contributed by atoms with Crippen LogP contribution in [-0.2, 0) is 13.8 Å². The van der Waals surface area contributed by atoms with Crippen molar-refractivity contribution in [1.29, 1.82) is 0 Å². The standard InChI is InChI=1S/C9H11ClO3S/c1-7(13-2)8-3-5-9(6-4-8)14(10,11)12/h3-7H,1-2H3/t7-/m0/s1. The summed E-state index contributed by atoms with van der Waals surface area (Å²) in [5, 5.41) is 0. The zero-order valence-corrected chi connectivity index (χ0v) is 9.47. The molecule has 0 saturated carbocycles. The zero-order valence-electron chi connectivity index (χ0n) is 7.90. The van der Waals surface area contributed by atoms with E-state index in [9.17, 15) is 8.42 Å². The van der Waals surface area contributed by atoms with Gasteiger partial charge in [0.15, 0.2) is 0 Å². The fraction of sp³-hybridized carbons (Fsp3) is 0.333. The predicted octanol–water partition coefficient (Wildman–Crippen LogP) is 2.32. The predicted molar refractivity (Wildman–Crippen MR) is 54.9 cm³/mol. The second-order valence-corrected chi connectivity index (χ2v) is 5.45. The van der Waals surface area contributed by atoms with E-state index in [1.807, 2.05) is 6.92 Å². The number of halogens is 1. The number of hydrogen-bond acceptors (Lipinski definition) is 3. The van der Waals surface area contributed by atoms with E-state index in [1.54, 1.807) is 19.2 Å². The van der Waals surface area contributed by atoms with Crippen LogP contribution in [0.5, 0.6) is 0 Å². The van der Waals surface area contributed by atoms with Crippen molar-refractivity contribution >= 4 is 19.7 Å². The Morgan fingerprint density at radius 1 is 1.29 bits per heavy atom. The second kappa shape index (κ2) is 4.29. The number of rotatable bonds is 3. The summed E-state index contributed by atoms with van der Waals surface area (Å²) in [6.07, 6.45) is -0.0536. The third kappa shape index (κ3) is 2.70. The first-order chi connectivity index (χ1) is 6.45. The number of benzene rings is 1. The molecule has 0 spiro atoms. The highest BCUT2D eigenvalue weighted by molar-refractivity contribution is 8.13. The fourth-order valence-corrected chi connectivity index (χ4v) is 1.81. The Hall–Kier alpha value is -0.580. The van der Waals surface area contributed by atoms with Crippen molar-refractivity contribution < 1.29 is 13.2 Å². The van der Waals surface area contributed by atoms with Gasteiger partial charge in [0.2, 0.25) is 0 Å². The molecule has 0 unspecified atom stereocenters. The lowest BCUT2D eigenvalue weighted by molar-refractivity contribution is 0.119. The van der Waals surface area contributed by atoms with Gasteiger partial charge in [-0.15, -0.1) is 0 Å². The molecule has 0 aliphatic carbocycles. The lowest BCUT2D eigenvalue weighted by Gasteiger charge is -2.09. The second-order valence-electron chi connectivity index (χ2n) is 2.88. The first-order valence-electron chi connectivity index (χ1n) is 4.02. The Kier molecular flexibility index (Phi) is 3.53. The summed E-state index contributed by atoms with van der Waals surface area (Å²) in [5.74, 6) is 0. The van der Waals surface area contributed by atoms with Gasteiger partial charge < -0.3 is 4.74 Å². The summed E-state index contributed by atoms with van der Waals surface area (Å²) < 4.78 is 26.9. The van der Waals surface area contributed by atoms with E-state index < -0.39 is 9.05 Å². The molecular formula is C9H11ClO3S. The summed E-state index contributed by atoms with van der Waals surface area (Å²) in [6.45, 7) is 1.88. The van der Waals surface area contributed by atoms with Crippen LogP contribution in [-0.4, -0.2) is 15.5 Å². The summed E-state index contributed by atoms with van der Waals surface area (Å²) in [7, 11) is 3.14. The Labute approximate surface area is 88.1 Å². The summed E-state index contributed by atoms with van der Waals surface area (Å²) in [6, 6.07) is 6.30. The SMILES string of the molecule is CO[C@@H](C)c1ccc(S(=O)(=O)Cl)cc1. The maximum absolute atomic E-state index is 10.9. The molecule has 5 heteroatoms. The molecule has 0 aliphatic rings. The van der Waals surface area contributed by atoms with Crippen LogP contribution in [0.15, 0.2) is 29.2 Å². The van der Waals surface area contributed by atoms with Crippen LogP contribution in [0.25, 0.3) is 0 Å². The number of methoxy groups -OCH3 is 1. The van der Waals surface area contributed by atoms with Crippen molar-refractivity contribution in [2.45, 2.75) is 17.9 Å². The van der Waals surface area contributed by atoms with E-state index in [4.69, 9.17) is 15.4 Å². The molecule has 0 heterocycles. The van der Waals surface area contributed by atoms with Crippen molar-refractivity contribution in [2.24, 2.45) is 0 Å². The van der Waals surface area contributed by atoms with Crippen LogP contribution in [0.2, 0.25) is 0 Å². The van der Waals surface area contributed by atoms with Gasteiger partial charge in [-0.1, -0.05) is 12.1 Å². The highest BCUT2D eigenvalue weighted by atomic mass is 35.7. The molecule has 0 aromatic heterocycles. The summed E-state index contributed by atoms with van der Waals surface area (Å²) in [5.41, 5.74) is 0.913. The van der Waals surface area contributed by atoms with E-state index in [0.717, 1.165) is 5.56 Å². The molecule has 1 atom stereocenters. The van der Waals surface area contributed by atoms with Gasteiger partial charge in [-0.2, -0.15) is 0 Å². The maximum atomic E-state index is 10.9. The fourth-order valence-electron chi connectivity index (χ4n) is 1.04. The third-order valence-corrected chi connectivity index (χ3v) is 3.35. The van der Waals surface area contributed by atoms with Gasteiger partial charge in [-0.05, 0) is 24.6 Å². The van der Waals surface area contributed by atoms with Crippen LogP contribution in [0, 0.1) is 0 Å². The van der Waals surface area contributed by atoms with E-state index >= 15 is 0 Å². The van der Waals surface area contributed by atoms with E-state index in [0.29, 0.717) is 0 Å². The maximum Gasteiger partial charge on any atom is 0.261 e. The largest absolute Gasteiger partial charge is 0.377 e. The van der Waals surface area contributed by atoms with Gasteiger partial charge >= 0.3 is 0 Å². The minimum Gasteiger partial charge on any atom is -0.377 e. The highest BCUT2D eigenvalue weighted by Crippen LogP contribution is 2.20. The highest BCUT2D eigenvalue weighted by Gasteiger charge is 2.10. The van der Waals surface area contributed by atoms with Crippen molar-refractivity contribution in [2.75, 3.05) is 7.11 Å². The molecule has 14 heavy (non-hydrogen) atoms. The molecule has 0 aliphatic heterocycles. The first-order valence-corrected chi connectivity index (χ1v) is 6.33. The minimum atomic E-state index is -3.62. The normalized spacial score (nSPS) is 13.9. The molecule has 1 rings (SSSR count). The smallest absolute Gasteiger partial charge is 0.261 e. The van der Waals surface area contributed by atoms with Crippen molar-refractivity contribution in [3.8, 4) is 0 Å². The molecule has 1 aromatic carbocycles. The number of hydrogen-bond donors (Lipinski definition) is 0. The van der Waals surface area contributed by atoms with Gasteiger partial charge in [0.25, 0.3) is 9.05 Å². The lowest BCUT2D eigenvalue weighted by Crippen LogP contribution is -1.97. The van der Waals surface area contributed by atoms with Crippen LogP contribution in [0.3, 0.4) is 0 Å². The molecule has 1 aromatic rings. The molecule has 3 nitrogen and oxygen atoms in total. The third-order valence-electron chi connectivity index (χ3n) is 1.98.